The highest BCUT2D eigenvalue weighted by molar-refractivity contribution is 9.09. The van der Waals surface area contributed by atoms with Gasteiger partial charge in [-0.2, -0.15) is 0 Å². The van der Waals surface area contributed by atoms with E-state index in [4.69, 9.17) is 0 Å². The number of amides is 1. The summed E-state index contributed by atoms with van der Waals surface area (Å²) >= 11 is 3.69. The number of halogens is 1. The lowest BCUT2D eigenvalue weighted by Crippen LogP contribution is -2.54. The van der Waals surface area contributed by atoms with Crippen molar-refractivity contribution >= 4 is 21.8 Å². The van der Waals surface area contributed by atoms with E-state index in [9.17, 15) is 4.79 Å². The van der Waals surface area contributed by atoms with Crippen LogP contribution in [0.3, 0.4) is 0 Å². The maximum atomic E-state index is 11.7. The standard InChI is InChI=1S/C14H25BrN2O/c1-3-14(4-2,10-15)11-16-7-8-17-12(9-16)5-6-13(17)18/h12H,3-11H2,1-2H3. The Hall–Kier alpha value is -0.0900. The fourth-order valence-electron chi connectivity index (χ4n) is 3.25. The number of alkyl halides is 1. The normalized spacial score (nSPS) is 25.6. The van der Waals surface area contributed by atoms with Gasteiger partial charge in [0.05, 0.1) is 0 Å². The van der Waals surface area contributed by atoms with Crippen LogP contribution in [0.25, 0.3) is 0 Å². The number of carbonyl (C=O) groups is 1. The zero-order valence-corrected chi connectivity index (χ0v) is 13.2. The van der Waals surface area contributed by atoms with Gasteiger partial charge < -0.3 is 4.90 Å². The molecule has 4 heteroatoms. The van der Waals surface area contributed by atoms with Crippen LogP contribution in [0.1, 0.15) is 39.5 Å². The summed E-state index contributed by atoms with van der Waals surface area (Å²) in [6.45, 7) is 8.83. The fourth-order valence-corrected chi connectivity index (χ4v) is 4.22. The lowest BCUT2D eigenvalue weighted by Gasteiger charge is -2.42. The van der Waals surface area contributed by atoms with Gasteiger partial charge in [-0.25, -0.2) is 0 Å². The quantitative estimate of drug-likeness (QED) is 0.728. The summed E-state index contributed by atoms with van der Waals surface area (Å²) in [5, 5.41) is 1.08. The maximum Gasteiger partial charge on any atom is 0.222 e. The second kappa shape index (κ2) is 5.91. The highest BCUT2D eigenvalue weighted by Gasteiger charge is 2.37. The van der Waals surface area contributed by atoms with E-state index in [-0.39, 0.29) is 0 Å². The molecule has 2 rings (SSSR count). The number of fused-ring (bicyclic) bond motifs is 1. The summed E-state index contributed by atoms with van der Waals surface area (Å²) in [5.41, 5.74) is 0.408. The molecule has 2 fully saturated rings. The summed E-state index contributed by atoms with van der Waals surface area (Å²) in [6, 6.07) is 0.494. The first kappa shape index (κ1) is 14.3. The van der Waals surface area contributed by atoms with Crippen molar-refractivity contribution in [1.29, 1.82) is 0 Å². The molecule has 18 heavy (non-hydrogen) atoms. The van der Waals surface area contributed by atoms with Crippen LogP contribution >= 0.6 is 15.9 Å². The topological polar surface area (TPSA) is 23.6 Å². The van der Waals surface area contributed by atoms with Gasteiger partial charge >= 0.3 is 0 Å². The molecule has 2 heterocycles. The molecule has 0 aromatic carbocycles. The first-order valence-corrected chi connectivity index (χ1v) is 8.34. The molecule has 0 aliphatic carbocycles. The number of nitrogens with zero attached hydrogens (tertiary/aromatic N) is 2. The van der Waals surface area contributed by atoms with Crippen molar-refractivity contribution in [2.24, 2.45) is 5.41 Å². The summed E-state index contributed by atoms with van der Waals surface area (Å²) in [4.78, 5) is 16.3. The van der Waals surface area contributed by atoms with Gasteiger partial charge in [0.2, 0.25) is 5.91 Å². The molecule has 0 bridgehead atoms. The smallest absolute Gasteiger partial charge is 0.222 e. The molecule has 1 amide bonds. The van der Waals surface area contributed by atoms with Crippen LogP contribution in [0.15, 0.2) is 0 Å². The van der Waals surface area contributed by atoms with Gasteiger partial charge in [0.15, 0.2) is 0 Å². The Morgan fingerprint density at radius 1 is 1.33 bits per heavy atom. The van der Waals surface area contributed by atoms with Crippen molar-refractivity contribution in [1.82, 2.24) is 9.80 Å². The van der Waals surface area contributed by atoms with Gasteiger partial charge in [-0.05, 0) is 24.7 Å². The number of hydrogen-bond donors (Lipinski definition) is 0. The highest BCUT2D eigenvalue weighted by Crippen LogP contribution is 2.32. The molecule has 2 saturated heterocycles. The molecule has 104 valence electrons. The summed E-state index contributed by atoms with van der Waals surface area (Å²) in [6.07, 6.45) is 4.27. The van der Waals surface area contributed by atoms with Crippen molar-refractivity contribution in [3.8, 4) is 0 Å². The van der Waals surface area contributed by atoms with E-state index in [0.717, 1.165) is 37.8 Å². The largest absolute Gasteiger partial charge is 0.337 e. The van der Waals surface area contributed by atoms with Gasteiger partial charge in [-0.1, -0.05) is 29.8 Å². The molecular formula is C14H25BrN2O. The minimum atomic E-state index is 0.373. The van der Waals surface area contributed by atoms with E-state index < -0.39 is 0 Å². The molecule has 2 aliphatic rings. The Bertz CT molecular complexity index is 296. The molecule has 0 saturated carbocycles. The molecule has 2 aliphatic heterocycles. The van der Waals surface area contributed by atoms with Crippen LogP contribution in [0.4, 0.5) is 0 Å². The Morgan fingerprint density at radius 2 is 2.06 bits per heavy atom. The van der Waals surface area contributed by atoms with Gasteiger partial charge in [-0.3, -0.25) is 9.69 Å². The lowest BCUT2D eigenvalue weighted by atomic mass is 9.84. The van der Waals surface area contributed by atoms with Crippen LogP contribution in [0, 0.1) is 5.41 Å². The third kappa shape index (κ3) is 2.74. The monoisotopic (exact) mass is 316 g/mol. The first-order valence-electron chi connectivity index (χ1n) is 7.22. The zero-order valence-electron chi connectivity index (χ0n) is 11.6. The van der Waals surface area contributed by atoms with Crippen molar-refractivity contribution in [3.05, 3.63) is 0 Å². The Kier molecular flexibility index (Phi) is 4.70. The third-order valence-corrected chi connectivity index (χ3v) is 6.11. The lowest BCUT2D eigenvalue weighted by molar-refractivity contribution is -0.130. The molecule has 3 nitrogen and oxygen atoms in total. The van der Waals surface area contributed by atoms with Gasteiger partial charge in [-0.15, -0.1) is 0 Å². The van der Waals surface area contributed by atoms with Gasteiger partial charge in [0.1, 0.15) is 0 Å². The number of carbonyl (C=O) groups excluding carboxylic acids is 1. The van der Waals surface area contributed by atoms with Crippen molar-refractivity contribution < 1.29 is 4.79 Å². The van der Waals surface area contributed by atoms with Crippen LogP contribution in [0.5, 0.6) is 0 Å². The molecule has 1 atom stereocenters. The van der Waals surface area contributed by atoms with E-state index in [0.29, 0.717) is 17.4 Å². The molecule has 0 radical (unpaired) electrons. The van der Waals surface area contributed by atoms with Crippen molar-refractivity contribution in [2.45, 2.75) is 45.6 Å². The van der Waals surface area contributed by atoms with Crippen LogP contribution in [0.2, 0.25) is 0 Å². The number of piperazine rings is 1. The predicted molar refractivity (Wildman–Crippen MR) is 78.0 cm³/mol. The molecule has 0 aromatic heterocycles. The van der Waals surface area contributed by atoms with Gasteiger partial charge in [0, 0.05) is 44.0 Å². The molecule has 1 unspecified atom stereocenters. The third-order valence-electron chi connectivity index (χ3n) is 4.92. The second-order valence-corrected chi connectivity index (χ2v) is 6.42. The van der Waals surface area contributed by atoms with Crippen LogP contribution in [-0.2, 0) is 4.79 Å². The molecule has 0 spiro atoms. The average Bonchev–Trinajstić information content (AvgIpc) is 2.77. The Labute approximate surface area is 119 Å². The van der Waals surface area contributed by atoms with E-state index in [1.807, 2.05) is 0 Å². The number of rotatable bonds is 5. The maximum absolute atomic E-state index is 11.7. The molecule has 0 aromatic rings. The average molecular weight is 317 g/mol. The summed E-state index contributed by atoms with van der Waals surface area (Å²) in [5.74, 6) is 0.373. The first-order chi connectivity index (χ1) is 8.64. The van der Waals surface area contributed by atoms with Crippen LogP contribution < -0.4 is 0 Å². The van der Waals surface area contributed by atoms with E-state index in [1.54, 1.807) is 0 Å². The van der Waals surface area contributed by atoms with E-state index >= 15 is 0 Å². The van der Waals surface area contributed by atoms with Crippen molar-refractivity contribution in [2.75, 3.05) is 31.5 Å². The molecular weight excluding hydrogens is 292 g/mol. The summed E-state index contributed by atoms with van der Waals surface area (Å²) in [7, 11) is 0. The fraction of sp³-hybridized carbons (Fsp3) is 0.929. The van der Waals surface area contributed by atoms with E-state index in [2.05, 4.69) is 39.6 Å². The zero-order chi connectivity index (χ0) is 13.2. The molecule has 0 N–H and O–H groups in total. The highest BCUT2D eigenvalue weighted by atomic mass is 79.9. The second-order valence-electron chi connectivity index (χ2n) is 5.86. The van der Waals surface area contributed by atoms with Gasteiger partial charge in [0.25, 0.3) is 0 Å². The minimum absolute atomic E-state index is 0.373. The van der Waals surface area contributed by atoms with E-state index in [1.165, 1.54) is 19.4 Å². The Morgan fingerprint density at radius 3 is 2.67 bits per heavy atom. The number of hydrogen-bond acceptors (Lipinski definition) is 2. The minimum Gasteiger partial charge on any atom is -0.337 e. The summed E-state index contributed by atoms with van der Waals surface area (Å²) < 4.78 is 0. The van der Waals surface area contributed by atoms with Crippen LogP contribution in [-0.4, -0.2) is 53.3 Å². The van der Waals surface area contributed by atoms with Crippen molar-refractivity contribution in [3.63, 3.8) is 0 Å². The Balaban J connectivity index is 1.94. The predicted octanol–water partition coefficient (Wildman–Crippen LogP) is 2.49. The SMILES string of the molecule is CCC(CC)(CBr)CN1CCN2C(=O)CCC2C1.